The van der Waals surface area contributed by atoms with E-state index in [1.807, 2.05) is 12.1 Å². The normalized spacial score (nSPS) is 10.7. The summed E-state index contributed by atoms with van der Waals surface area (Å²) in [5.74, 6) is 0.927. The van der Waals surface area contributed by atoms with Gasteiger partial charge in [-0.25, -0.2) is 4.98 Å². The largest absolute Gasteiger partial charge is 0.496 e. The number of halogens is 1. The molecule has 18 heavy (non-hydrogen) atoms. The van der Waals surface area contributed by atoms with Gasteiger partial charge in [0.1, 0.15) is 10.8 Å². The van der Waals surface area contributed by atoms with Gasteiger partial charge >= 0.3 is 0 Å². The molecule has 0 radical (unpaired) electrons. The van der Waals surface area contributed by atoms with Crippen molar-refractivity contribution in [1.82, 2.24) is 4.98 Å². The zero-order chi connectivity index (χ0) is 13.1. The summed E-state index contributed by atoms with van der Waals surface area (Å²) < 4.78 is 6.34. The molecule has 5 heteroatoms. The summed E-state index contributed by atoms with van der Waals surface area (Å²) in [5, 5.41) is 0.986. The van der Waals surface area contributed by atoms with Crippen LogP contribution >= 0.6 is 27.3 Å². The second-order valence-electron chi connectivity index (χ2n) is 3.82. The highest BCUT2D eigenvalue weighted by Crippen LogP contribution is 2.34. The molecule has 0 atom stereocenters. The van der Waals surface area contributed by atoms with Crippen LogP contribution < -0.4 is 10.5 Å². The molecule has 0 aliphatic carbocycles. The fourth-order valence-corrected chi connectivity index (χ4v) is 3.30. The summed E-state index contributed by atoms with van der Waals surface area (Å²) >= 11 is 5.10. The zero-order valence-corrected chi connectivity index (χ0v) is 12.8. The summed E-state index contributed by atoms with van der Waals surface area (Å²) in [7, 11) is 1.70. The summed E-state index contributed by atoms with van der Waals surface area (Å²) in [6.45, 7) is 2.57. The van der Waals surface area contributed by atoms with Gasteiger partial charge in [-0.05, 0) is 46.1 Å². The number of aryl methyl sites for hydroxylation is 1. The molecule has 96 valence electrons. The van der Waals surface area contributed by atoms with Gasteiger partial charge in [0.15, 0.2) is 0 Å². The lowest BCUT2D eigenvalue weighted by Crippen LogP contribution is -1.97. The predicted octanol–water partition coefficient (Wildman–Crippen LogP) is 3.60. The van der Waals surface area contributed by atoms with Crippen LogP contribution in [0.3, 0.4) is 0 Å². The Hall–Kier alpha value is -0.910. The first-order valence-electron chi connectivity index (χ1n) is 5.72. The molecule has 3 nitrogen and oxygen atoms in total. The average Bonchev–Trinajstić information content (AvgIpc) is 2.79. The molecule has 0 saturated heterocycles. The molecule has 1 aromatic carbocycles. The van der Waals surface area contributed by atoms with E-state index >= 15 is 0 Å². The van der Waals surface area contributed by atoms with Gasteiger partial charge in [0.05, 0.1) is 16.6 Å². The molecule has 0 unspecified atom stereocenters. The number of hydrogen-bond acceptors (Lipinski definition) is 4. The van der Waals surface area contributed by atoms with Crippen molar-refractivity contribution in [2.45, 2.75) is 19.9 Å². The van der Waals surface area contributed by atoms with Crippen molar-refractivity contribution in [2.75, 3.05) is 7.11 Å². The van der Waals surface area contributed by atoms with Gasteiger partial charge in [-0.2, -0.15) is 0 Å². The predicted molar refractivity (Wildman–Crippen MR) is 79.1 cm³/mol. The van der Waals surface area contributed by atoms with Gasteiger partial charge in [0, 0.05) is 12.1 Å². The Morgan fingerprint density at radius 3 is 2.78 bits per heavy atom. The lowest BCUT2D eigenvalue weighted by atomic mass is 10.1. The second kappa shape index (κ2) is 5.82. The number of rotatable bonds is 4. The molecule has 0 spiro atoms. The lowest BCUT2D eigenvalue weighted by Gasteiger charge is -2.07. The molecule has 0 saturated carbocycles. The Morgan fingerprint density at radius 2 is 2.22 bits per heavy atom. The highest BCUT2D eigenvalue weighted by molar-refractivity contribution is 9.11. The molecular weight excluding hydrogens is 312 g/mol. The molecule has 0 amide bonds. The quantitative estimate of drug-likeness (QED) is 0.933. The van der Waals surface area contributed by atoms with E-state index in [2.05, 4.69) is 33.9 Å². The monoisotopic (exact) mass is 326 g/mol. The summed E-state index contributed by atoms with van der Waals surface area (Å²) in [5.41, 5.74) is 8.84. The molecule has 1 heterocycles. The van der Waals surface area contributed by atoms with Crippen LogP contribution in [-0.2, 0) is 13.0 Å². The maximum absolute atomic E-state index is 5.64. The number of thiazole rings is 1. The third kappa shape index (κ3) is 2.58. The van der Waals surface area contributed by atoms with Gasteiger partial charge in [0.25, 0.3) is 0 Å². The minimum atomic E-state index is 0.452. The number of benzene rings is 1. The summed E-state index contributed by atoms with van der Waals surface area (Å²) in [6, 6.07) is 6.15. The Morgan fingerprint density at radius 1 is 1.44 bits per heavy atom. The smallest absolute Gasteiger partial charge is 0.124 e. The van der Waals surface area contributed by atoms with Gasteiger partial charge in [-0.15, -0.1) is 11.3 Å². The first kappa shape index (κ1) is 13.5. The highest BCUT2D eigenvalue weighted by atomic mass is 79.9. The van der Waals surface area contributed by atoms with Gasteiger partial charge in [-0.1, -0.05) is 6.92 Å². The van der Waals surface area contributed by atoms with Gasteiger partial charge < -0.3 is 10.5 Å². The number of hydrogen-bond donors (Lipinski definition) is 1. The number of nitrogens with zero attached hydrogens (tertiary/aromatic N) is 1. The van der Waals surface area contributed by atoms with Crippen molar-refractivity contribution in [2.24, 2.45) is 5.73 Å². The van der Waals surface area contributed by atoms with Crippen molar-refractivity contribution in [3.63, 3.8) is 0 Å². The van der Waals surface area contributed by atoms with Gasteiger partial charge in [0.2, 0.25) is 0 Å². The molecule has 2 aromatic rings. The van der Waals surface area contributed by atoms with E-state index in [4.69, 9.17) is 10.5 Å². The molecule has 1 aromatic heterocycles. The van der Waals surface area contributed by atoms with E-state index in [1.54, 1.807) is 18.4 Å². The number of nitrogens with two attached hydrogens (primary N) is 1. The first-order valence-corrected chi connectivity index (χ1v) is 7.33. The third-order valence-corrected chi connectivity index (χ3v) is 4.63. The maximum Gasteiger partial charge on any atom is 0.124 e. The van der Waals surface area contributed by atoms with Gasteiger partial charge in [-0.3, -0.25) is 0 Å². The van der Waals surface area contributed by atoms with Crippen LogP contribution in [0.2, 0.25) is 0 Å². The average molecular weight is 327 g/mol. The molecular formula is C13H15BrN2OS. The van der Waals surface area contributed by atoms with Crippen molar-refractivity contribution in [3.8, 4) is 16.3 Å². The van der Waals surface area contributed by atoms with Crippen molar-refractivity contribution in [3.05, 3.63) is 33.2 Å². The van der Waals surface area contributed by atoms with Crippen LogP contribution in [0.1, 0.15) is 18.2 Å². The van der Waals surface area contributed by atoms with E-state index in [9.17, 15) is 0 Å². The van der Waals surface area contributed by atoms with Crippen molar-refractivity contribution in [1.29, 1.82) is 0 Å². The van der Waals surface area contributed by atoms with E-state index < -0.39 is 0 Å². The number of ether oxygens (including phenoxy) is 1. The van der Waals surface area contributed by atoms with Crippen LogP contribution in [0.5, 0.6) is 5.75 Å². The van der Waals surface area contributed by atoms with Crippen LogP contribution in [0.4, 0.5) is 0 Å². The van der Waals surface area contributed by atoms with Crippen LogP contribution in [0.15, 0.2) is 22.0 Å². The third-order valence-electron chi connectivity index (χ3n) is 2.75. The highest BCUT2D eigenvalue weighted by Gasteiger charge is 2.11. The summed E-state index contributed by atoms with van der Waals surface area (Å²) in [4.78, 5) is 4.54. The van der Waals surface area contributed by atoms with Crippen LogP contribution in [0, 0.1) is 0 Å². The molecule has 0 aliphatic heterocycles. The fraction of sp³-hybridized carbons (Fsp3) is 0.308. The van der Waals surface area contributed by atoms with Crippen molar-refractivity contribution >= 4 is 27.3 Å². The first-order chi connectivity index (χ1) is 8.69. The minimum Gasteiger partial charge on any atom is -0.496 e. The Kier molecular flexibility index (Phi) is 4.37. The minimum absolute atomic E-state index is 0.452. The second-order valence-corrected chi connectivity index (χ2v) is 6.14. The molecule has 2 N–H and O–H groups in total. The maximum atomic E-state index is 5.64. The Bertz CT molecular complexity index is 554. The SMILES string of the molecule is CCc1cc(-c2nc(CN)c(Br)s2)ccc1OC. The standard InChI is InChI=1S/C13H15BrN2OS/c1-3-8-6-9(4-5-11(8)17-2)13-16-10(7-15)12(14)18-13/h4-6H,3,7,15H2,1-2H3. The van der Waals surface area contributed by atoms with Crippen LogP contribution in [0.25, 0.3) is 10.6 Å². The lowest BCUT2D eigenvalue weighted by molar-refractivity contribution is 0.410. The van der Waals surface area contributed by atoms with E-state index in [-0.39, 0.29) is 0 Å². The van der Waals surface area contributed by atoms with Crippen molar-refractivity contribution < 1.29 is 4.74 Å². The van der Waals surface area contributed by atoms with E-state index in [0.29, 0.717) is 6.54 Å². The molecule has 0 aliphatic rings. The summed E-state index contributed by atoms with van der Waals surface area (Å²) in [6.07, 6.45) is 0.938. The number of methoxy groups -OCH3 is 1. The van der Waals surface area contributed by atoms with E-state index in [1.165, 1.54) is 5.56 Å². The Balaban J connectivity index is 2.44. The van der Waals surface area contributed by atoms with Crippen LogP contribution in [-0.4, -0.2) is 12.1 Å². The topological polar surface area (TPSA) is 48.1 Å². The number of aromatic nitrogens is 1. The molecule has 0 fully saturated rings. The Labute approximate surface area is 119 Å². The molecule has 0 bridgehead atoms. The fourth-order valence-electron chi connectivity index (χ4n) is 1.77. The molecule has 2 rings (SSSR count). The van der Waals surface area contributed by atoms with E-state index in [0.717, 1.165) is 32.2 Å². The zero-order valence-electron chi connectivity index (χ0n) is 10.4.